The maximum atomic E-state index is 5.67. The van der Waals surface area contributed by atoms with Gasteiger partial charge in [0.1, 0.15) is 11.5 Å². The van der Waals surface area contributed by atoms with Crippen LogP contribution in [-0.2, 0) is 0 Å². The summed E-state index contributed by atoms with van der Waals surface area (Å²) in [6.07, 6.45) is 0. The zero-order chi connectivity index (χ0) is 9.59. The summed E-state index contributed by atoms with van der Waals surface area (Å²) in [7, 11) is 0. The van der Waals surface area contributed by atoms with Crippen LogP contribution in [0.5, 0.6) is 0 Å². The summed E-state index contributed by atoms with van der Waals surface area (Å²) in [5.41, 5.74) is 12.3. The summed E-state index contributed by atoms with van der Waals surface area (Å²) in [4.78, 5) is 3.07. The molecular formula is C7H12N6. The molecule has 2 aromatic heterocycles. The maximum Gasteiger partial charge on any atom is 0.181 e. The Morgan fingerprint density at radius 2 is 2.00 bits per heavy atom. The topological polar surface area (TPSA) is 98.0 Å². The van der Waals surface area contributed by atoms with E-state index in [-0.39, 0.29) is 0 Å². The van der Waals surface area contributed by atoms with Gasteiger partial charge in [0.25, 0.3) is 0 Å². The van der Waals surface area contributed by atoms with E-state index in [1.165, 1.54) is 4.63 Å². The standard InChI is InChI=1S/C7H12N6/c1-3(2)6-10-7-4(8)5(9)11-13(7)12-6/h3H,8H2,1-2H3,(H2,9,11)(H,10,12). The molecule has 70 valence electrons. The molecule has 6 nitrogen and oxygen atoms in total. The Hall–Kier alpha value is -1.72. The highest BCUT2D eigenvalue weighted by atomic mass is 15.5. The number of nitrogens with zero attached hydrogens (tertiary/aromatic N) is 3. The number of rotatable bonds is 1. The molecule has 0 aliphatic carbocycles. The Morgan fingerprint density at radius 3 is 2.54 bits per heavy atom. The van der Waals surface area contributed by atoms with Crippen molar-refractivity contribution in [2.45, 2.75) is 19.8 Å². The first kappa shape index (κ1) is 7.90. The van der Waals surface area contributed by atoms with Gasteiger partial charge in [0, 0.05) is 5.92 Å². The average Bonchev–Trinajstić information content (AvgIpc) is 2.55. The molecule has 0 radical (unpaired) electrons. The molecule has 0 aliphatic heterocycles. The van der Waals surface area contributed by atoms with Gasteiger partial charge >= 0.3 is 0 Å². The van der Waals surface area contributed by atoms with Crippen molar-refractivity contribution in [1.29, 1.82) is 0 Å². The molecule has 5 N–H and O–H groups in total. The van der Waals surface area contributed by atoms with E-state index in [4.69, 9.17) is 11.5 Å². The molecule has 0 amide bonds. The molecule has 0 unspecified atom stereocenters. The first-order chi connectivity index (χ1) is 6.09. The SMILES string of the molecule is CC(C)c1nn2nc(N)c(N)c2[nH]1. The van der Waals surface area contributed by atoms with E-state index in [0.29, 0.717) is 23.1 Å². The van der Waals surface area contributed by atoms with Gasteiger partial charge in [0.05, 0.1) is 0 Å². The predicted molar refractivity (Wildman–Crippen MR) is 50.3 cm³/mol. The number of aromatic nitrogens is 4. The Labute approximate surface area is 74.9 Å². The third kappa shape index (κ3) is 1.02. The molecule has 13 heavy (non-hydrogen) atoms. The third-order valence-corrected chi connectivity index (χ3v) is 1.93. The summed E-state index contributed by atoms with van der Waals surface area (Å²) in [5, 5.41) is 8.13. The van der Waals surface area contributed by atoms with Crippen LogP contribution in [0, 0.1) is 0 Å². The number of nitrogens with two attached hydrogens (primary N) is 2. The lowest BCUT2D eigenvalue weighted by atomic mass is 10.2. The van der Waals surface area contributed by atoms with Gasteiger partial charge in [-0.3, -0.25) is 0 Å². The van der Waals surface area contributed by atoms with Gasteiger partial charge in [-0.15, -0.1) is 14.8 Å². The van der Waals surface area contributed by atoms with Crippen molar-refractivity contribution in [1.82, 2.24) is 19.8 Å². The smallest absolute Gasteiger partial charge is 0.181 e. The van der Waals surface area contributed by atoms with E-state index >= 15 is 0 Å². The van der Waals surface area contributed by atoms with Gasteiger partial charge in [-0.05, 0) is 0 Å². The largest absolute Gasteiger partial charge is 0.393 e. The highest BCUT2D eigenvalue weighted by Crippen LogP contribution is 2.20. The molecule has 0 saturated carbocycles. The Balaban J connectivity index is 2.65. The van der Waals surface area contributed by atoms with E-state index in [2.05, 4.69) is 15.2 Å². The summed E-state index contributed by atoms with van der Waals surface area (Å²) < 4.78 is 1.43. The van der Waals surface area contributed by atoms with Crippen LogP contribution in [0.15, 0.2) is 0 Å². The van der Waals surface area contributed by atoms with Gasteiger partial charge in [-0.25, -0.2) is 0 Å². The number of H-pyrrole nitrogens is 1. The number of nitrogens with one attached hydrogen (secondary N) is 1. The Morgan fingerprint density at radius 1 is 1.31 bits per heavy atom. The Bertz CT molecular complexity index is 437. The van der Waals surface area contributed by atoms with E-state index in [9.17, 15) is 0 Å². The number of fused-ring (bicyclic) bond motifs is 1. The van der Waals surface area contributed by atoms with Gasteiger partial charge in [-0.2, -0.15) is 0 Å². The fraction of sp³-hybridized carbons (Fsp3) is 0.429. The summed E-state index contributed by atoms with van der Waals surface area (Å²) in [5.74, 6) is 1.49. The van der Waals surface area contributed by atoms with Crippen LogP contribution in [-0.4, -0.2) is 19.8 Å². The molecule has 6 heteroatoms. The van der Waals surface area contributed by atoms with Gasteiger partial charge in [0.2, 0.25) is 0 Å². The second-order valence-corrected chi connectivity index (χ2v) is 3.30. The Kier molecular flexibility index (Phi) is 1.45. The number of hydrogen-bond acceptors (Lipinski definition) is 4. The molecule has 2 rings (SSSR count). The van der Waals surface area contributed by atoms with Crippen molar-refractivity contribution in [3.05, 3.63) is 5.82 Å². The molecule has 0 atom stereocenters. The second kappa shape index (κ2) is 2.38. The summed E-state index contributed by atoms with van der Waals surface area (Å²) >= 11 is 0. The van der Waals surface area contributed by atoms with Gasteiger partial charge in [0.15, 0.2) is 11.5 Å². The highest BCUT2D eigenvalue weighted by Gasteiger charge is 2.12. The van der Waals surface area contributed by atoms with Crippen LogP contribution < -0.4 is 11.5 Å². The molecule has 0 aliphatic rings. The predicted octanol–water partition coefficient (Wildman–Crippen LogP) is 0.345. The minimum atomic E-state index is 0.314. The number of aromatic amines is 1. The average molecular weight is 180 g/mol. The monoisotopic (exact) mass is 180 g/mol. The van der Waals surface area contributed by atoms with Crippen molar-refractivity contribution >= 4 is 17.2 Å². The van der Waals surface area contributed by atoms with Crippen molar-refractivity contribution in [2.75, 3.05) is 11.5 Å². The van der Waals surface area contributed by atoms with Crippen molar-refractivity contribution < 1.29 is 0 Å². The normalized spacial score (nSPS) is 11.6. The van der Waals surface area contributed by atoms with E-state index in [0.717, 1.165) is 5.82 Å². The van der Waals surface area contributed by atoms with Crippen molar-refractivity contribution in [3.63, 3.8) is 0 Å². The quantitative estimate of drug-likeness (QED) is 0.589. The number of hydrogen-bond donors (Lipinski definition) is 3. The van der Waals surface area contributed by atoms with Crippen LogP contribution in [0.3, 0.4) is 0 Å². The van der Waals surface area contributed by atoms with Crippen LogP contribution in [0.25, 0.3) is 5.65 Å². The van der Waals surface area contributed by atoms with Crippen LogP contribution in [0.1, 0.15) is 25.6 Å². The highest BCUT2D eigenvalue weighted by molar-refractivity contribution is 5.75. The molecular weight excluding hydrogens is 168 g/mol. The lowest BCUT2D eigenvalue weighted by Crippen LogP contribution is -1.96. The first-order valence-corrected chi connectivity index (χ1v) is 4.09. The minimum absolute atomic E-state index is 0.314. The lowest BCUT2D eigenvalue weighted by molar-refractivity contribution is 0.732. The fourth-order valence-corrected chi connectivity index (χ4v) is 1.13. The second-order valence-electron chi connectivity index (χ2n) is 3.30. The molecule has 2 aromatic rings. The lowest BCUT2D eigenvalue weighted by Gasteiger charge is -1.95. The molecule has 2 heterocycles. The molecule has 0 fully saturated rings. The van der Waals surface area contributed by atoms with Crippen LogP contribution in [0.4, 0.5) is 11.5 Å². The molecule has 0 saturated heterocycles. The van der Waals surface area contributed by atoms with Crippen LogP contribution >= 0.6 is 0 Å². The summed E-state index contributed by atoms with van der Waals surface area (Å²) in [6.45, 7) is 4.08. The maximum absolute atomic E-state index is 5.67. The van der Waals surface area contributed by atoms with Gasteiger partial charge < -0.3 is 16.5 Å². The van der Waals surface area contributed by atoms with Crippen molar-refractivity contribution in [3.8, 4) is 0 Å². The van der Waals surface area contributed by atoms with Crippen LogP contribution in [0.2, 0.25) is 0 Å². The third-order valence-electron chi connectivity index (χ3n) is 1.93. The van der Waals surface area contributed by atoms with Gasteiger partial charge in [-0.1, -0.05) is 13.8 Å². The van der Waals surface area contributed by atoms with E-state index in [1.54, 1.807) is 0 Å². The molecule has 0 spiro atoms. The number of nitrogen functional groups attached to an aromatic ring is 2. The molecule has 0 bridgehead atoms. The number of anilines is 2. The van der Waals surface area contributed by atoms with E-state index in [1.807, 2.05) is 13.8 Å². The summed E-state index contributed by atoms with van der Waals surface area (Å²) in [6, 6.07) is 0. The van der Waals surface area contributed by atoms with E-state index < -0.39 is 0 Å². The first-order valence-electron chi connectivity index (χ1n) is 4.09. The fourth-order valence-electron chi connectivity index (χ4n) is 1.13. The zero-order valence-corrected chi connectivity index (χ0v) is 7.57. The van der Waals surface area contributed by atoms with Crippen molar-refractivity contribution in [2.24, 2.45) is 0 Å². The molecule has 0 aromatic carbocycles. The minimum Gasteiger partial charge on any atom is -0.393 e. The zero-order valence-electron chi connectivity index (χ0n) is 7.57.